The summed E-state index contributed by atoms with van der Waals surface area (Å²) >= 11 is 0. The second kappa shape index (κ2) is 7.60. The summed E-state index contributed by atoms with van der Waals surface area (Å²) in [5.41, 5.74) is 2.24. The number of morpholine rings is 1. The van der Waals surface area contributed by atoms with Crippen LogP contribution < -0.4 is 0 Å². The number of carbonyl (C=O) groups excluding carboxylic acids is 1. The number of benzene rings is 2. The minimum atomic E-state index is -0.472. The first-order valence-electron chi connectivity index (χ1n) is 8.32. The van der Waals surface area contributed by atoms with Crippen LogP contribution in [-0.2, 0) is 16.1 Å². The van der Waals surface area contributed by atoms with Crippen molar-refractivity contribution in [3.63, 3.8) is 0 Å². The van der Waals surface area contributed by atoms with Gasteiger partial charge in [-0.1, -0.05) is 60.7 Å². The molecule has 4 nitrogen and oxygen atoms in total. The van der Waals surface area contributed by atoms with Crippen molar-refractivity contribution in [1.82, 2.24) is 9.80 Å². The molecule has 2 atom stereocenters. The average Bonchev–Trinajstić information content (AvgIpc) is 2.62. The van der Waals surface area contributed by atoms with E-state index in [1.807, 2.05) is 55.6 Å². The van der Waals surface area contributed by atoms with E-state index in [9.17, 15) is 4.79 Å². The van der Waals surface area contributed by atoms with Crippen LogP contribution in [0, 0.1) is 0 Å². The fourth-order valence-electron chi connectivity index (χ4n) is 3.22. The van der Waals surface area contributed by atoms with E-state index in [4.69, 9.17) is 4.74 Å². The normalized spacial score (nSPS) is 21.4. The van der Waals surface area contributed by atoms with Gasteiger partial charge >= 0.3 is 0 Å². The van der Waals surface area contributed by atoms with E-state index < -0.39 is 6.10 Å². The molecule has 0 spiro atoms. The minimum Gasteiger partial charge on any atom is -0.365 e. The van der Waals surface area contributed by atoms with E-state index >= 15 is 0 Å². The molecule has 0 bridgehead atoms. The number of rotatable bonds is 4. The van der Waals surface area contributed by atoms with Crippen LogP contribution in [0.4, 0.5) is 0 Å². The molecule has 1 heterocycles. The lowest BCUT2D eigenvalue weighted by Crippen LogP contribution is -2.50. The van der Waals surface area contributed by atoms with Crippen molar-refractivity contribution in [3.05, 3.63) is 71.8 Å². The van der Waals surface area contributed by atoms with Gasteiger partial charge in [-0.15, -0.1) is 0 Å². The van der Waals surface area contributed by atoms with Crippen LogP contribution in [0.25, 0.3) is 0 Å². The molecular formula is C20H24N2O2. The van der Waals surface area contributed by atoms with Crippen LogP contribution in [0.3, 0.4) is 0 Å². The van der Waals surface area contributed by atoms with Crippen molar-refractivity contribution in [1.29, 1.82) is 0 Å². The lowest BCUT2D eigenvalue weighted by molar-refractivity contribution is -0.154. The molecule has 3 rings (SSSR count). The highest BCUT2D eigenvalue weighted by Crippen LogP contribution is 2.29. The molecule has 1 amide bonds. The molecule has 1 aliphatic heterocycles. The van der Waals surface area contributed by atoms with Gasteiger partial charge in [-0.2, -0.15) is 0 Å². The largest absolute Gasteiger partial charge is 0.365 e. The smallest absolute Gasteiger partial charge is 0.253 e. The molecule has 24 heavy (non-hydrogen) atoms. The second-order valence-corrected chi connectivity index (χ2v) is 6.31. The lowest BCUT2D eigenvalue weighted by atomic mass is 9.97. The van der Waals surface area contributed by atoms with Crippen LogP contribution in [0.5, 0.6) is 0 Å². The maximum Gasteiger partial charge on any atom is 0.253 e. The maximum atomic E-state index is 13.0. The standard InChI is InChI=1S/C20H24N2O2/c1-21-13-14-24-19(18(21)17-11-7-4-8-12-17)20(23)22(2)15-16-9-5-3-6-10-16/h3-12,18-19H,13-15H2,1-2H3/t18-,19+/m0/s1. The average molecular weight is 324 g/mol. The molecule has 0 saturated carbocycles. The van der Waals surface area contributed by atoms with E-state index in [1.54, 1.807) is 4.90 Å². The Bertz CT molecular complexity index is 660. The molecule has 1 saturated heterocycles. The first-order chi connectivity index (χ1) is 11.7. The number of ether oxygens (including phenoxy) is 1. The number of hydrogen-bond acceptors (Lipinski definition) is 3. The SMILES string of the molecule is CN(Cc1ccccc1)C(=O)[C@@H]1OCCN(C)[C@H]1c1ccccc1. The zero-order valence-electron chi connectivity index (χ0n) is 14.3. The van der Waals surface area contributed by atoms with E-state index in [0.29, 0.717) is 13.2 Å². The molecule has 0 unspecified atom stereocenters. The number of carbonyl (C=O) groups is 1. The summed E-state index contributed by atoms with van der Waals surface area (Å²) in [4.78, 5) is 17.0. The van der Waals surface area contributed by atoms with Crippen molar-refractivity contribution in [2.24, 2.45) is 0 Å². The van der Waals surface area contributed by atoms with Gasteiger partial charge in [0.05, 0.1) is 12.6 Å². The van der Waals surface area contributed by atoms with Gasteiger partial charge in [-0.05, 0) is 18.2 Å². The molecule has 4 heteroatoms. The topological polar surface area (TPSA) is 32.8 Å². The van der Waals surface area contributed by atoms with E-state index in [1.165, 1.54) is 0 Å². The van der Waals surface area contributed by atoms with Crippen LogP contribution >= 0.6 is 0 Å². The number of hydrogen-bond donors (Lipinski definition) is 0. The third-order valence-electron chi connectivity index (χ3n) is 4.53. The highest BCUT2D eigenvalue weighted by atomic mass is 16.5. The number of amides is 1. The summed E-state index contributed by atoms with van der Waals surface area (Å²) in [5.74, 6) is 0.0271. The van der Waals surface area contributed by atoms with E-state index in [-0.39, 0.29) is 11.9 Å². The quantitative estimate of drug-likeness (QED) is 0.867. The Balaban J connectivity index is 1.78. The summed E-state index contributed by atoms with van der Waals surface area (Å²) in [7, 11) is 3.90. The second-order valence-electron chi connectivity index (χ2n) is 6.31. The molecule has 0 aromatic heterocycles. The van der Waals surface area contributed by atoms with Gasteiger partial charge in [0.15, 0.2) is 6.10 Å². The molecule has 2 aromatic carbocycles. The third kappa shape index (κ3) is 3.66. The van der Waals surface area contributed by atoms with Crippen LogP contribution in [0.1, 0.15) is 17.2 Å². The first kappa shape index (κ1) is 16.7. The highest BCUT2D eigenvalue weighted by molar-refractivity contribution is 5.82. The van der Waals surface area contributed by atoms with Crippen molar-refractivity contribution in [2.75, 3.05) is 27.2 Å². The van der Waals surface area contributed by atoms with E-state index in [0.717, 1.165) is 17.7 Å². The van der Waals surface area contributed by atoms with Crippen molar-refractivity contribution >= 4 is 5.91 Å². The van der Waals surface area contributed by atoms with Crippen molar-refractivity contribution < 1.29 is 9.53 Å². The lowest BCUT2D eigenvalue weighted by Gasteiger charge is -2.40. The molecule has 1 fully saturated rings. The number of nitrogens with zero attached hydrogens (tertiary/aromatic N) is 2. The number of likely N-dealkylation sites (N-methyl/N-ethyl adjacent to an activating group) is 2. The monoisotopic (exact) mass is 324 g/mol. The van der Waals surface area contributed by atoms with Gasteiger partial charge < -0.3 is 9.64 Å². The van der Waals surface area contributed by atoms with Gasteiger partial charge in [0.1, 0.15) is 0 Å². The predicted molar refractivity (Wildman–Crippen MR) is 94.5 cm³/mol. The Morgan fingerprint density at radius 1 is 1.12 bits per heavy atom. The van der Waals surface area contributed by atoms with Gasteiger partial charge in [-0.3, -0.25) is 9.69 Å². The molecule has 1 aliphatic rings. The van der Waals surface area contributed by atoms with Crippen LogP contribution in [-0.4, -0.2) is 49.1 Å². The van der Waals surface area contributed by atoms with Gasteiger partial charge in [0.2, 0.25) is 0 Å². The predicted octanol–water partition coefficient (Wildman–Crippen LogP) is 2.72. The van der Waals surface area contributed by atoms with Gasteiger partial charge in [-0.25, -0.2) is 0 Å². The summed E-state index contributed by atoms with van der Waals surface area (Å²) in [6, 6.07) is 20.1. The molecule has 0 N–H and O–H groups in total. The zero-order chi connectivity index (χ0) is 16.9. The van der Waals surface area contributed by atoms with Crippen molar-refractivity contribution in [3.8, 4) is 0 Å². The van der Waals surface area contributed by atoms with Crippen molar-refractivity contribution in [2.45, 2.75) is 18.7 Å². The Kier molecular flexibility index (Phi) is 5.28. The Morgan fingerprint density at radius 2 is 1.75 bits per heavy atom. The summed E-state index contributed by atoms with van der Waals surface area (Å²) < 4.78 is 5.90. The Labute approximate surface area is 143 Å². The van der Waals surface area contributed by atoms with Crippen LogP contribution in [0.2, 0.25) is 0 Å². The minimum absolute atomic E-state index is 0.0271. The highest BCUT2D eigenvalue weighted by Gasteiger charge is 2.37. The molecule has 126 valence electrons. The summed E-state index contributed by atoms with van der Waals surface area (Å²) in [5, 5.41) is 0. The fourth-order valence-corrected chi connectivity index (χ4v) is 3.22. The first-order valence-corrected chi connectivity index (χ1v) is 8.32. The molecule has 2 aromatic rings. The zero-order valence-corrected chi connectivity index (χ0v) is 14.3. The van der Waals surface area contributed by atoms with E-state index in [2.05, 4.69) is 24.1 Å². The fraction of sp³-hybridized carbons (Fsp3) is 0.350. The van der Waals surface area contributed by atoms with Gasteiger partial charge in [0.25, 0.3) is 5.91 Å². The Hall–Kier alpha value is -2.17. The Morgan fingerprint density at radius 3 is 2.42 bits per heavy atom. The van der Waals surface area contributed by atoms with Crippen LogP contribution in [0.15, 0.2) is 60.7 Å². The summed E-state index contributed by atoms with van der Waals surface area (Å²) in [6.45, 7) is 1.99. The molecule has 0 aliphatic carbocycles. The maximum absolute atomic E-state index is 13.0. The van der Waals surface area contributed by atoms with Gasteiger partial charge in [0, 0.05) is 20.1 Å². The molecule has 0 radical (unpaired) electrons. The third-order valence-corrected chi connectivity index (χ3v) is 4.53. The summed E-state index contributed by atoms with van der Waals surface area (Å²) in [6.07, 6.45) is -0.472. The molecular weight excluding hydrogens is 300 g/mol.